The molecule has 2 aromatic rings. The van der Waals surface area contributed by atoms with E-state index in [2.05, 4.69) is 5.32 Å². The molecule has 0 saturated carbocycles. The lowest BCUT2D eigenvalue weighted by Gasteiger charge is -2.14. The second-order valence-electron chi connectivity index (χ2n) is 4.73. The van der Waals surface area contributed by atoms with Crippen LogP contribution in [0.25, 0.3) is 0 Å². The Bertz CT molecular complexity index is 539. The van der Waals surface area contributed by atoms with Gasteiger partial charge in [-0.1, -0.05) is 24.3 Å². The maximum absolute atomic E-state index is 13.2. The third-order valence-electron chi connectivity index (χ3n) is 3.20. The van der Waals surface area contributed by atoms with E-state index in [-0.39, 0.29) is 11.9 Å². The predicted octanol–water partition coefficient (Wildman–Crippen LogP) is 4.08. The molecule has 0 saturated heterocycles. The second-order valence-corrected chi connectivity index (χ2v) is 4.73. The summed E-state index contributed by atoms with van der Waals surface area (Å²) in [5.41, 5.74) is 2.13. The quantitative estimate of drug-likeness (QED) is 0.856. The molecule has 0 aliphatic heterocycles. The molecule has 0 aliphatic rings. The molecule has 2 rings (SSSR count). The molecular weight excluding hydrogens is 253 g/mol. The van der Waals surface area contributed by atoms with Crippen molar-refractivity contribution in [1.29, 1.82) is 0 Å². The third kappa shape index (κ3) is 4.07. The summed E-state index contributed by atoms with van der Waals surface area (Å²) in [6.45, 7) is 5.41. The number of ether oxygens (including phenoxy) is 1. The lowest BCUT2D eigenvalue weighted by molar-refractivity contribution is 0.340. The first kappa shape index (κ1) is 14.5. The molecule has 0 amide bonds. The van der Waals surface area contributed by atoms with Gasteiger partial charge < -0.3 is 10.1 Å². The van der Waals surface area contributed by atoms with Crippen molar-refractivity contribution in [2.75, 3.05) is 6.61 Å². The fourth-order valence-corrected chi connectivity index (χ4v) is 2.03. The molecule has 2 nitrogen and oxygen atoms in total. The molecule has 3 heteroatoms. The van der Waals surface area contributed by atoms with Gasteiger partial charge in [-0.25, -0.2) is 4.39 Å². The van der Waals surface area contributed by atoms with Crippen LogP contribution in [-0.4, -0.2) is 6.61 Å². The van der Waals surface area contributed by atoms with E-state index in [0.29, 0.717) is 6.61 Å². The molecule has 20 heavy (non-hydrogen) atoms. The van der Waals surface area contributed by atoms with Crippen LogP contribution < -0.4 is 10.1 Å². The number of nitrogens with one attached hydrogen (secondary N) is 1. The zero-order valence-electron chi connectivity index (χ0n) is 11.9. The SMILES string of the molecule is CCOc1ccc(CN[C@@H](C)c2cccc(F)c2)cc1. The van der Waals surface area contributed by atoms with Crippen LogP contribution in [0.5, 0.6) is 5.75 Å². The summed E-state index contributed by atoms with van der Waals surface area (Å²) in [6.07, 6.45) is 0. The van der Waals surface area contributed by atoms with Gasteiger partial charge in [0.05, 0.1) is 6.61 Å². The Hall–Kier alpha value is -1.87. The van der Waals surface area contributed by atoms with Crippen LogP contribution in [0.2, 0.25) is 0 Å². The van der Waals surface area contributed by atoms with Gasteiger partial charge in [-0.15, -0.1) is 0 Å². The van der Waals surface area contributed by atoms with Gasteiger partial charge in [0, 0.05) is 12.6 Å². The van der Waals surface area contributed by atoms with Crippen LogP contribution in [0.15, 0.2) is 48.5 Å². The van der Waals surface area contributed by atoms with E-state index >= 15 is 0 Å². The summed E-state index contributed by atoms with van der Waals surface area (Å²) < 4.78 is 18.6. The van der Waals surface area contributed by atoms with Crippen LogP contribution >= 0.6 is 0 Å². The van der Waals surface area contributed by atoms with Crippen LogP contribution in [0.1, 0.15) is 31.0 Å². The fourth-order valence-electron chi connectivity index (χ4n) is 2.03. The van der Waals surface area contributed by atoms with E-state index < -0.39 is 0 Å². The number of hydrogen-bond acceptors (Lipinski definition) is 2. The number of halogens is 1. The Labute approximate surface area is 119 Å². The summed E-state index contributed by atoms with van der Waals surface area (Å²) in [5.74, 6) is 0.687. The van der Waals surface area contributed by atoms with Crippen LogP contribution in [0.3, 0.4) is 0 Å². The van der Waals surface area contributed by atoms with Gasteiger partial charge in [0.25, 0.3) is 0 Å². The Kier molecular flexibility index (Phi) is 5.13. The minimum Gasteiger partial charge on any atom is -0.494 e. The summed E-state index contributed by atoms with van der Waals surface area (Å²) in [7, 11) is 0. The molecule has 0 spiro atoms. The molecule has 1 N–H and O–H groups in total. The molecule has 0 heterocycles. The van der Waals surface area contributed by atoms with Crippen molar-refractivity contribution in [1.82, 2.24) is 5.32 Å². The zero-order chi connectivity index (χ0) is 14.4. The maximum Gasteiger partial charge on any atom is 0.123 e. The number of benzene rings is 2. The third-order valence-corrected chi connectivity index (χ3v) is 3.20. The van der Waals surface area contributed by atoms with Crippen molar-refractivity contribution < 1.29 is 9.13 Å². The first-order chi connectivity index (χ1) is 9.69. The zero-order valence-corrected chi connectivity index (χ0v) is 11.9. The lowest BCUT2D eigenvalue weighted by atomic mass is 10.1. The highest BCUT2D eigenvalue weighted by Crippen LogP contribution is 2.16. The minimum absolute atomic E-state index is 0.109. The first-order valence-electron chi connectivity index (χ1n) is 6.89. The molecule has 0 aliphatic carbocycles. The highest BCUT2D eigenvalue weighted by Gasteiger charge is 2.05. The van der Waals surface area contributed by atoms with Gasteiger partial charge >= 0.3 is 0 Å². The molecule has 2 aromatic carbocycles. The number of hydrogen-bond donors (Lipinski definition) is 1. The molecule has 0 fully saturated rings. The molecule has 106 valence electrons. The topological polar surface area (TPSA) is 21.3 Å². The monoisotopic (exact) mass is 273 g/mol. The Morgan fingerprint density at radius 3 is 2.55 bits per heavy atom. The Morgan fingerprint density at radius 2 is 1.90 bits per heavy atom. The first-order valence-corrected chi connectivity index (χ1v) is 6.89. The van der Waals surface area contributed by atoms with Crippen molar-refractivity contribution in [3.63, 3.8) is 0 Å². The van der Waals surface area contributed by atoms with E-state index in [1.807, 2.05) is 44.2 Å². The van der Waals surface area contributed by atoms with Crippen LogP contribution in [0, 0.1) is 5.82 Å². The summed E-state index contributed by atoms with van der Waals surface area (Å²) in [5, 5.41) is 3.39. The van der Waals surface area contributed by atoms with Gasteiger partial charge in [-0.05, 0) is 49.2 Å². The van der Waals surface area contributed by atoms with E-state index in [4.69, 9.17) is 4.74 Å². The second kappa shape index (κ2) is 7.06. The summed E-state index contributed by atoms with van der Waals surface area (Å²) in [4.78, 5) is 0. The molecule has 1 atom stereocenters. The van der Waals surface area contributed by atoms with Gasteiger partial charge in [0.15, 0.2) is 0 Å². The Balaban J connectivity index is 1.91. The fraction of sp³-hybridized carbons (Fsp3) is 0.294. The van der Waals surface area contributed by atoms with Gasteiger partial charge in [-0.2, -0.15) is 0 Å². The van der Waals surface area contributed by atoms with Crippen LogP contribution in [0.4, 0.5) is 4.39 Å². The van der Waals surface area contributed by atoms with E-state index in [0.717, 1.165) is 17.9 Å². The Morgan fingerprint density at radius 1 is 1.15 bits per heavy atom. The summed E-state index contributed by atoms with van der Waals surface area (Å²) in [6, 6.07) is 14.8. The average molecular weight is 273 g/mol. The van der Waals surface area contributed by atoms with Crippen molar-refractivity contribution in [2.24, 2.45) is 0 Å². The minimum atomic E-state index is -0.197. The largest absolute Gasteiger partial charge is 0.494 e. The summed E-state index contributed by atoms with van der Waals surface area (Å²) >= 11 is 0. The van der Waals surface area contributed by atoms with Crippen molar-refractivity contribution >= 4 is 0 Å². The van der Waals surface area contributed by atoms with E-state index in [1.54, 1.807) is 12.1 Å². The van der Waals surface area contributed by atoms with Gasteiger partial charge in [0.1, 0.15) is 11.6 Å². The predicted molar refractivity (Wildman–Crippen MR) is 79.3 cm³/mol. The van der Waals surface area contributed by atoms with E-state index in [9.17, 15) is 4.39 Å². The van der Waals surface area contributed by atoms with Gasteiger partial charge in [0.2, 0.25) is 0 Å². The van der Waals surface area contributed by atoms with Gasteiger partial charge in [-0.3, -0.25) is 0 Å². The van der Waals surface area contributed by atoms with Crippen LogP contribution in [-0.2, 0) is 6.54 Å². The molecule has 0 aromatic heterocycles. The lowest BCUT2D eigenvalue weighted by Crippen LogP contribution is -2.18. The molecule has 0 bridgehead atoms. The highest BCUT2D eigenvalue weighted by molar-refractivity contribution is 5.27. The highest BCUT2D eigenvalue weighted by atomic mass is 19.1. The molecule has 0 radical (unpaired) electrons. The normalized spacial score (nSPS) is 12.2. The standard InChI is InChI=1S/C17H20FNO/c1-3-20-17-9-7-14(8-10-17)12-19-13(2)15-5-4-6-16(18)11-15/h4-11,13,19H,3,12H2,1-2H3/t13-/m0/s1. The molecular formula is C17H20FNO. The smallest absolute Gasteiger partial charge is 0.123 e. The van der Waals surface area contributed by atoms with Crippen molar-refractivity contribution in [2.45, 2.75) is 26.4 Å². The van der Waals surface area contributed by atoms with Crippen molar-refractivity contribution in [3.05, 3.63) is 65.5 Å². The van der Waals surface area contributed by atoms with Crippen molar-refractivity contribution in [3.8, 4) is 5.75 Å². The molecule has 0 unspecified atom stereocenters. The maximum atomic E-state index is 13.2. The average Bonchev–Trinajstić information content (AvgIpc) is 2.46. The van der Waals surface area contributed by atoms with E-state index in [1.165, 1.54) is 11.6 Å². The number of rotatable bonds is 6.